The number of phenols is 1. The molecule has 0 atom stereocenters. The molecule has 0 saturated carbocycles. The molecule has 98 valence electrons. The van der Waals surface area contributed by atoms with Gasteiger partial charge in [-0.3, -0.25) is 4.79 Å². The number of aromatic hydroxyl groups is 1. The molecular weight excluding hydrogens is 234 g/mol. The largest absolute Gasteiger partial charge is 0.508 e. The first kappa shape index (κ1) is 13.8. The van der Waals surface area contributed by atoms with Crippen LogP contribution >= 0.6 is 0 Å². The third-order valence-corrected chi connectivity index (χ3v) is 2.69. The average molecular weight is 251 g/mol. The number of phenolic OH excluding ortho intramolecular Hbond substituents is 1. The summed E-state index contributed by atoms with van der Waals surface area (Å²) in [4.78, 5) is 13.7. The molecule has 0 saturated heterocycles. The SMILES string of the molecule is CCN(C/C(N)=N/O)C(=O)c1cccc(O)c1C. The highest BCUT2D eigenvalue weighted by molar-refractivity contribution is 5.98. The molecule has 0 fully saturated rings. The molecule has 0 radical (unpaired) electrons. The lowest BCUT2D eigenvalue weighted by Crippen LogP contribution is -2.38. The van der Waals surface area contributed by atoms with E-state index in [0.717, 1.165) is 0 Å². The molecule has 6 heteroatoms. The van der Waals surface area contributed by atoms with Gasteiger partial charge in [0.1, 0.15) is 5.75 Å². The van der Waals surface area contributed by atoms with Gasteiger partial charge in [-0.15, -0.1) is 0 Å². The van der Waals surface area contributed by atoms with Gasteiger partial charge >= 0.3 is 0 Å². The van der Waals surface area contributed by atoms with Crippen LogP contribution in [0.25, 0.3) is 0 Å². The van der Waals surface area contributed by atoms with Gasteiger partial charge in [0.2, 0.25) is 0 Å². The molecule has 1 rings (SSSR count). The molecular formula is C12H17N3O3. The molecule has 6 nitrogen and oxygen atoms in total. The topological polar surface area (TPSA) is 99.1 Å². The molecule has 1 amide bonds. The van der Waals surface area contributed by atoms with E-state index < -0.39 is 0 Å². The van der Waals surface area contributed by atoms with Crippen LogP contribution in [0.4, 0.5) is 0 Å². The molecule has 0 spiro atoms. The Bertz CT molecular complexity index is 472. The lowest BCUT2D eigenvalue weighted by molar-refractivity contribution is 0.0785. The van der Waals surface area contributed by atoms with Gasteiger partial charge in [-0.25, -0.2) is 0 Å². The number of nitrogens with zero attached hydrogens (tertiary/aromatic N) is 2. The van der Waals surface area contributed by atoms with E-state index in [4.69, 9.17) is 10.9 Å². The van der Waals surface area contributed by atoms with Gasteiger partial charge in [0.25, 0.3) is 5.91 Å². The third-order valence-electron chi connectivity index (χ3n) is 2.69. The predicted octanol–water partition coefficient (Wildman–Crippen LogP) is 0.909. The number of rotatable bonds is 4. The molecule has 1 aromatic carbocycles. The molecule has 0 aliphatic heterocycles. The molecule has 0 aliphatic carbocycles. The van der Waals surface area contributed by atoms with Gasteiger partial charge in [0, 0.05) is 17.7 Å². The first-order chi connectivity index (χ1) is 8.51. The van der Waals surface area contributed by atoms with E-state index in [-0.39, 0.29) is 24.0 Å². The Hall–Kier alpha value is -2.24. The van der Waals surface area contributed by atoms with Gasteiger partial charge in [0.15, 0.2) is 5.84 Å². The number of oxime groups is 1. The van der Waals surface area contributed by atoms with Crippen LogP contribution in [0.2, 0.25) is 0 Å². The second kappa shape index (κ2) is 5.90. The minimum atomic E-state index is -0.266. The molecule has 4 N–H and O–H groups in total. The number of amides is 1. The molecule has 0 aliphatic rings. The van der Waals surface area contributed by atoms with E-state index >= 15 is 0 Å². The van der Waals surface area contributed by atoms with Crippen molar-refractivity contribution in [2.75, 3.05) is 13.1 Å². The number of hydrogen-bond acceptors (Lipinski definition) is 4. The first-order valence-electron chi connectivity index (χ1n) is 5.55. The van der Waals surface area contributed by atoms with Crippen LogP contribution in [0.5, 0.6) is 5.75 Å². The Morgan fingerprint density at radius 2 is 2.17 bits per heavy atom. The Kier molecular flexibility index (Phi) is 4.53. The standard InChI is InChI=1S/C12H17N3O3/c1-3-15(7-11(13)14-18)12(17)9-5-4-6-10(16)8(9)2/h4-6,16,18H,3,7H2,1-2H3,(H2,13,14). The minimum Gasteiger partial charge on any atom is -0.508 e. The highest BCUT2D eigenvalue weighted by atomic mass is 16.4. The number of amidine groups is 1. The van der Waals surface area contributed by atoms with Gasteiger partial charge in [-0.2, -0.15) is 0 Å². The molecule has 0 heterocycles. The van der Waals surface area contributed by atoms with E-state index in [1.54, 1.807) is 26.0 Å². The zero-order valence-corrected chi connectivity index (χ0v) is 10.4. The van der Waals surface area contributed by atoms with Crippen molar-refractivity contribution in [1.82, 2.24) is 4.90 Å². The summed E-state index contributed by atoms with van der Waals surface area (Å²) in [5, 5.41) is 20.9. The summed E-state index contributed by atoms with van der Waals surface area (Å²) in [6, 6.07) is 4.76. The fourth-order valence-electron chi connectivity index (χ4n) is 1.58. The van der Waals surface area contributed by atoms with Gasteiger partial charge in [0.05, 0.1) is 6.54 Å². The second-order valence-electron chi connectivity index (χ2n) is 3.86. The molecule has 0 aromatic heterocycles. The minimum absolute atomic E-state index is 0.0389. The molecule has 0 bridgehead atoms. The zero-order valence-electron chi connectivity index (χ0n) is 10.4. The van der Waals surface area contributed by atoms with Crippen molar-refractivity contribution in [1.29, 1.82) is 0 Å². The van der Waals surface area contributed by atoms with Crippen LogP contribution in [0, 0.1) is 6.92 Å². The summed E-state index contributed by atoms with van der Waals surface area (Å²) in [6.07, 6.45) is 0. The van der Waals surface area contributed by atoms with Crippen molar-refractivity contribution in [3.05, 3.63) is 29.3 Å². The Morgan fingerprint density at radius 3 is 2.72 bits per heavy atom. The lowest BCUT2D eigenvalue weighted by atomic mass is 10.1. The van der Waals surface area contributed by atoms with Crippen LogP contribution < -0.4 is 5.73 Å². The maximum Gasteiger partial charge on any atom is 0.254 e. The van der Waals surface area contributed by atoms with Gasteiger partial charge in [-0.1, -0.05) is 11.2 Å². The Morgan fingerprint density at radius 1 is 1.50 bits per heavy atom. The number of hydrogen-bond donors (Lipinski definition) is 3. The van der Waals surface area contributed by atoms with Crippen molar-refractivity contribution >= 4 is 11.7 Å². The Balaban J connectivity index is 3.00. The number of benzene rings is 1. The van der Waals surface area contributed by atoms with Gasteiger partial charge < -0.3 is 20.9 Å². The van der Waals surface area contributed by atoms with Crippen molar-refractivity contribution in [3.8, 4) is 5.75 Å². The summed E-state index contributed by atoms with van der Waals surface area (Å²) in [5.41, 5.74) is 6.31. The molecule has 18 heavy (non-hydrogen) atoms. The number of likely N-dealkylation sites (N-methyl/N-ethyl adjacent to an activating group) is 1. The van der Waals surface area contributed by atoms with Crippen LogP contribution in [0.1, 0.15) is 22.8 Å². The van der Waals surface area contributed by atoms with Crippen molar-refractivity contribution in [2.45, 2.75) is 13.8 Å². The highest BCUT2D eigenvalue weighted by Gasteiger charge is 2.18. The normalized spacial score (nSPS) is 11.3. The van der Waals surface area contributed by atoms with E-state index in [9.17, 15) is 9.90 Å². The smallest absolute Gasteiger partial charge is 0.254 e. The van der Waals surface area contributed by atoms with E-state index in [2.05, 4.69) is 5.16 Å². The Labute approximate surface area is 105 Å². The van der Waals surface area contributed by atoms with E-state index in [1.165, 1.54) is 11.0 Å². The summed E-state index contributed by atoms with van der Waals surface area (Å²) in [7, 11) is 0. The quantitative estimate of drug-likeness (QED) is 0.320. The monoisotopic (exact) mass is 251 g/mol. The fraction of sp³-hybridized carbons (Fsp3) is 0.333. The van der Waals surface area contributed by atoms with Crippen molar-refractivity contribution in [3.63, 3.8) is 0 Å². The lowest BCUT2D eigenvalue weighted by Gasteiger charge is -2.21. The van der Waals surface area contributed by atoms with Crippen molar-refractivity contribution in [2.24, 2.45) is 10.9 Å². The fourth-order valence-corrected chi connectivity index (χ4v) is 1.58. The summed E-state index contributed by atoms with van der Waals surface area (Å²) in [5.74, 6) is -0.235. The zero-order chi connectivity index (χ0) is 13.7. The second-order valence-corrected chi connectivity index (χ2v) is 3.86. The van der Waals surface area contributed by atoms with Gasteiger partial charge in [-0.05, 0) is 26.0 Å². The van der Waals surface area contributed by atoms with Crippen molar-refractivity contribution < 1.29 is 15.1 Å². The van der Waals surface area contributed by atoms with Crippen LogP contribution in [-0.4, -0.2) is 40.0 Å². The van der Waals surface area contributed by atoms with E-state index in [1.807, 2.05) is 0 Å². The van der Waals surface area contributed by atoms with Crippen LogP contribution in [0.15, 0.2) is 23.4 Å². The number of nitrogens with two attached hydrogens (primary N) is 1. The third kappa shape index (κ3) is 2.91. The maximum atomic E-state index is 12.2. The number of carbonyl (C=O) groups is 1. The predicted molar refractivity (Wildman–Crippen MR) is 67.8 cm³/mol. The molecule has 0 unspecified atom stereocenters. The van der Waals surface area contributed by atoms with Crippen LogP contribution in [0.3, 0.4) is 0 Å². The maximum absolute atomic E-state index is 12.2. The molecule has 1 aromatic rings. The highest BCUT2D eigenvalue weighted by Crippen LogP contribution is 2.20. The summed E-state index contributed by atoms with van der Waals surface area (Å²) < 4.78 is 0. The number of carbonyl (C=O) groups excluding carboxylic acids is 1. The van der Waals surface area contributed by atoms with E-state index in [0.29, 0.717) is 17.7 Å². The summed E-state index contributed by atoms with van der Waals surface area (Å²) >= 11 is 0. The summed E-state index contributed by atoms with van der Waals surface area (Å²) in [6.45, 7) is 3.92. The first-order valence-corrected chi connectivity index (χ1v) is 5.55. The average Bonchev–Trinajstić information content (AvgIpc) is 2.38. The van der Waals surface area contributed by atoms with Crippen LogP contribution in [-0.2, 0) is 0 Å².